The molecule has 21 heavy (non-hydrogen) atoms. The molecule has 1 aromatic rings. The summed E-state index contributed by atoms with van der Waals surface area (Å²) in [6, 6.07) is 7.36. The number of carbonyl (C=O) groups is 2. The number of benzene rings is 1. The first-order valence-corrected chi connectivity index (χ1v) is 6.94. The van der Waals surface area contributed by atoms with E-state index in [-0.39, 0.29) is 18.5 Å². The first-order chi connectivity index (χ1) is 10.1. The molecule has 0 atom stereocenters. The first kappa shape index (κ1) is 14.9. The summed E-state index contributed by atoms with van der Waals surface area (Å²) < 4.78 is 0. The van der Waals surface area contributed by atoms with Crippen molar-refractivity contribution in [3.05, 3.63) is 35.4 Å². The van der Waals surface area contributed by atoms with Gasteiger partial charge in [0, 0.05) is 31.7 Å². The zero-order valence-electron chi connectivity index (χ0n) is 12.1. The van der Waals surface area contributed by atoms with E-state index in [9.17, 15) is 9.59 Å². The van der Waals surface area contributed by atoms with Crippen LogP contribution in [0.25, 0.3) is 0 Å². The van der Waals surface area contributed by atoms with Crippen LogP contribution < -0.4 is 5.32 Å². The molecule has 5 heteroatoms. The van der Waals surface area contributed by atoms with Gasteiger partial charge in [-0.25, -0.2) is 4.79 Å². The Balaban J connectivity index is 1.89. The molecule has 5 nitrogen and oxygen atoms in total. The van der Waals surface area contributed by atoms with Crippen molar-refractivity contribution >= 4 is 11.9 Å². The summed E-state index contributed by atoms with van der Waals surface area (Å²) in [6.45, 7) is 4.33. The molecule has 1 saturated heterocycles. The van der Waals surface area contributed by atoms with Gasteiger partial charge in [-0.15, -0.1) is 6.42 Å². The normalized spacial score (nSPS) is 14.5. The van der Waals surface area contributed by atoms with Gasteiger partial charge in [0.1, 0.15) is 0 Å². The fourth-order valence-electron chi connectivity index (χ4n) is 2.23. The van der Waals surface area contributed by atoms with Crippen molar-refractivity contribution in [2.75, 3.05) is 32.7 Å². The van der Waals surface area contributed by atoms with Gasteiger partial charge in [-0.3, -0.25) is 4.79 Å². The van der Waals surface area contributed by atoms with E-state index in [2.05, 4.69) is 11.2 Å². The number of hydrogen-bond acceptors (Lipinski definition) is 2. The molecular weight excluding hydrogens is 266 g/mol. The average Bonchev–Trinajstić information content (AvgIpc) is 2.53. The number of carbonyl (C=O) groups excluding carboxylic acids is 2. The molecular formula is C16H19N3O2. The molecule has 1 aromatic carbocycles. The van der Waals surface area contributed by atoms with Crippen molar-refractivity contribution in [1.29, 1.82) is 0 Å². The molecule has 1 aliphatic rings. The maximum atomic E-state index is 12.3. The van der Waals surface area contributed by atoms with Crippen LogP contribution in [0.15, 0.2) is 24.3 Å². The number of rotatable bonds is 2. The van der Waals surface area contributed by atoms with E-state index in [1.807, 2.05) is 31.2 Å². The predicted molar refractivity (Wildman–Crippen MR) is 80.9 cm³/mol. The van der Waals surface area contributed by atoms with Crippen molar-refractivity contribution in [3.63, 3.8) is 0 Å². The van der Waals surface area contributed by atoms with Crippen molar-refractivity contribution in [1.82, 2.24) is 15.1 Å². The topological polar surface area (TPSA) is 52.7 Å². The molecule has 0 spiro atoms. The van der Waals surface area contributed by atoms with E-state index >= 15 is 0 Å². The SMILES string of the molecule is C#CCNC(=O)N1CCN(C(=O)c2ccc(C)cc2)CC1. The van der Waals surface area contributed by atoms with E-state index in [1.165, 1.54) is 0 Å². The van der Waals surface area contributed by atoms with Crippen LogP contribution in [0.5, 0.6) is 0 Å². The fourth-order valence-corrected chi connectivity index (χ4v) is 2.23. The maximum Gasteiger partial charge on any atom is 0.318 e. The minimum atomic E-state index is -0.171. The van der Waals surface area contributed by atoms with Gasteiger partial charge in [0.05, 0.1) is 6.54 Å². The van der Waals surface area contributed by atoms with Gasteiger partial charge in [-0.2, -0.15) is 0 Å². The van der Waals surface area contributed by atoms with Crippen LogP contribution in [-0.4, -0.2) is 54.5 Å². The van der Waals surface area contributed by atoms with E-state index in [0.29, 0.717) is 31.7 Å². The zero-order valence-corrected chi connectivity index (χ0v) is 12.1. The number of nitrogens with zero attached hydrogens (tertiary/aromatic N) is 2. The lowest BCUT2D eigenvalue weighted by Crippen LogP contribution is -2.53. The van der Waals surface area contributed by atoms with Gasteiger partial charge in [0.25, 0.3) is 5.91 Å². The predicted octanol–water partition coefficient (Wildman–Crippen LogP) is 1.10. The zero-order chi connectivity index (χ0) is 15.2. The Morgan fingerprint density at radius 1 is 1.14 bits per heavy atom. The summed E-state index contributed by atoms with van der Waals surface area (Å²) in [4.78, 5) is 27.5. The van der Waals surface area contributed by atoms with Crippen LogP contribution in [0.4, 0.5) is 4.79 Å². The highest BCUT2D eigenvalue weighted by Gasteiger charge is 2.24. The number of piperazine rings is 1. The average molecular weight is 285 g/mol. The third-order valence-corrected chi connectivity index (χ3v) is 3.49. The van der Waals surface area contributed by atoms with E-state index in [0.717, 1.165) is 5.56 Å². The molecule has 0 saturated carbocycles. The van der Waals surface area contributed by atoms with E-state index in [1.54, 1.807) is 9.80 Å². The summed E-state index contributed by atoms with van der Waals surface area (Å²) in [6.07, 6.45) is 5.11. The third kappa shape index (κ3) is 3.76. The molecule has 0 bridgehead atoms. The molecule has 110 valence electrons. The van der Waals surface area contributed by atoms with Crippen molar-refractivity contribution in [3.8, 4) is 12.3 Å². The Morgan fingerprint density at radius 3 is 2.29 bits per heavy atom. The van der Waals surface area contributed by atoms with Crippen LogP contribution in [0.1, 0.15) is 15.9 Å². The number of terminal acetylenes is 1. The van der Waals surface area contributed by atoms with Gasteiger partial charge in [-0.05, 0) is 19.1 Å². The van der Waals surface area contributed by atoms with Crippen LogP contribution in [-0.2, 0) is 0 Å². The summed E-state index contributed by atoms with van der Waals surface area (Å²) in [5.74, 6) is 2.38. The lowest BCUT2D eigenvalue weighted by Gasteiger charge is -2.34. The Hall–Kier alpha value is -2.48. The highest BCUT2D eigenvalue weighted by atomic mass is 16.2. The van der Waals surface area contributed by atoms with E-state index in [4.69, 9.17) is 6.42 Å². The molecule has 1 N–H and O–H groups in total. The maximum absolute atomic E-state index is 12.3. The number of urea groups is 1. The molecule has 2 rings (SSSR count). The number of amides is 3. The standard InChI is InChI=1S/C16H19N3O2/c1-3-8-17-16(21)19-11-9-18(10-12-19)15(20)14-6-4-13(2)5-7-14/h1,4-7H,8-12H2,2H3,(H,17,21). The molecule has 0 unspecified atom stereocenters. The smallest absolute Gasteiger partial charge is 0.318 e. The van der Waals surface area contributed by atoms with Crippen LogP contribution in [0, 0.1) is 19.3 Å². The second kappa shape index (κ2) is 6.80. The fraction of sp³-hybridized carbons (Fsp3) is 0.375. The molecule has 1 fully saturated rings. The summed E-state index contributed by atoms with van der Waals surface area (Å²) in [5.41, 5.74) is 1.81. The van der Waals surface area contributed by atoms with Gasteiger partial charge >= 0.3 is 6.03 Å². The Morgan fingerprint density at radius 2 is 1.71 bits per heavy atom. The third-order valence-electron chi connectivity index (χ3n) is 3.49. The monoisotopic (exact) mass is 285 g/mol. The first-order valence-electron chi connectivity index (χ1n) is 6.94. The minimum Gasteiger partial charge on any atom is -0.335 e. The highest BCUT2D eigenvalue weighted by molar-refractivity contribution is 5.94. The van der Waals surface area contributed by atoms with Crippen molar-refractivity contribution in [2.45, 2.75) is 6.92 Å². The summed E-state index contributed by atoms with van der Waals surface area (Å²) in [7, 11) is 0. The molecule has 1 aliphatic heterocycles. The van der Waals surface area contributed by atoms with Gasteiger partial charge in [0.2, 0.25) is 0 Å². The number of aryl methyl sites for hydroxylation is 1. The van der Waals surface area contributed by atoms with Crippen LogP contribution in [0.2, 0.25) is 0 Å². The van der Waals surface area contributed by atoms with Gasteiger partial charge in [-0.1, -0.05) is 23.6 Å². The lowest BCUT2D eigenvalue weighted by molar-refractivity contribution is 0.0665. The van der Waals surface area contributed by atoms with Crippen molar-refractivity contribution < 1.29 is 9.59 Å². The van der Waals surface area contributed by atoms with Gasteiger partial charge in [0.15, 0.2) is 0 Å². The molecule has 0 aromatic heterocycles. The number of nitrogens with one attached hydrogen (secondary N) is 1. The largest absolute Gasteiger partial charge is 0.335 e. The van der Waals surface area contributed by atoms with Crippen LogP contribution in [0.3, 0.4) is 0 Å². The lowest BCUT2D eigenvalue weighted by atomic mass is 10.1. The molecule has 0 radical (unpaired) electrons. The molecule has 3 amide bonds. The summed E-state index contributed by atoms with van der Waals surface area (Å²) >= 11 is 0. The second-order valence-electron chi connectivity index (χ2n) is 5.01. The Labute approximate surface area is 124 Å². The number of hydrogen-bond donors (Lipinski definition) is 1. The van der Waals surface area contributed by atoms with E-state index < -0.39 is 0 Å². The van der Waals surface area contributed by atoms with Crippen LogP contribution >= 0.6 is 0 Å². The molecule has 1 heterocycles. The molecule has 0 aliphatic carbocycles. The minimum absolute atomic E-state index is 0.0127. The quantitative estimate of drug-likeness (QED) is 0.827. The Bertz CT molecular complexity index is 552. The Kier molecular flexibility index (Phi) is 4.83. The summed E-state index contributed by atoms with van der Waals surface area (Å²) in [5, 5.41) is 2.63. The highest BCUT2D eigenvalue weighted by Crippen LogP contribution is 2.10. The van der Waals surface area contributed by atoms with Gasteiger partial charge < -0.3 is 15.1 Å². The van der Waals surface area contributed by atoms with Crippen molar-refractivity contribution in [2.24, 2.45) is 0 Å². The second-order valence-corrected chi connectivity index (χ2v) is 5.01.